The molecule has 11 heavy (non-hydrogen) atoms. The lowest BCUT2D eigenvalue weighted by atomic mass is 10.1. The highest BCUT2D eigenvalue weighted by Crippen LogP contribution is 2.05. The normalized spacial score (nSPS) is 16.9. The molecular formula is C7H14BrF2N. The van der Waals surface area contributed by atoms with E-state index in [-0.39, 0.29) is 12.6 Å². The second-order valence-electron chi connectivity index (χ2n) is 2.72. The van der Waals surface area contributed by atoms with Crippen LogP contribution in [-0.4, -0.2) is 24.3 Å². The molecule has 2 atom stereocenters. The molecule has 0 aromatic carbocycles. The molecule has 0 radical (unpaired) electrons. The maximum atomic E-state index is 11.7. The fourth-order valence-corrected chi connectivity index (χ4v) is 1.17. The van der Waals surface area contributed by atoms with Crippen molar-refractivity contribution in [2.75, 3.05) is 11.9 Å². The summed E-state index contributed by atoms with van der Waals surface area (Å²) in [6.07, 6.45) is -2.25. The van der Waals surface area contributed by atoms with Crippen LogP contribution in [0.2, 0.25) is 0 Å². The molecule has 0 aromatic rings. The topological polar surface area (TPSA) is 12.0 Å². The molecule has 0 saturated heterocycles. The van der Waals surface area contributed by atoms with Gasteiger partial charge in [0.1, 0.15) is 0 Å². The van der Waals surface area contributed by atoms with Gasteiger partial charge in [-0.05, 0) is 12.8 Å². The fraction of sp³-hybridized carbons (Fsp3) is 1.00. The van der Waals surface area contributed by atoms with E-state index in [9.17, 15) is 8.78 Å². The minimum absolute atomic E-state index is 0.142. The second-order valence-corrected chi connectivity index (χ2v) is 3.37. The van der Waals surface area contributed by atoms with E-state index < -0.39 is 6.43 Å². The van der Waals surface area contributed by atoms with E-state index in [1.807, 2.05) is 13.8 Å². The first kappa shape index (κ1) is 11.3. The van der Waals surface area contributed by atoms with E-state index in [1.165, 1.54) is 0 Å². The molecule has 0 aliphatic carbocycles. The first-order valence-corrected chi connectivity index (χ1v) is 4.77. The van der Waals surface area contributed by atoms with Crippen molar-refractivity contribution in [3.8, 4) is 0 Å². The smallest absolute Gasteiger partial charge is 0.250 e. The first-order valence-electron chi connectivity index (χ1n) is 3.65. The maximum Gasteiger partial charge on any atom is 0.250 e. The number of hydrogen-bond donors (Lipinski definition) is 1. The summed E-state index contributed by atoms with van der Waals surface area (Å²) in [4.78, 5) is 0. The summed E-state index contributed by atoms with van der Waals surface area (Å²) in [5, 5.41) is 3.59. The van der Waals surface area contributed by atoms with Gasteiger partial charge in [-0.2, -0.15) is 0 Å². The van der Waals surface area contributed by atoms with Gasteiger partial charge in [-0.15, -0.1) is 0 Å². The average molecular weight is 230 g/mol. The third-order valence-corrected chi connectivity index (χ3v) is 2.71. The fourth-order valence-electron chi connectivity index (χ4n) is 0.610. The lowest BCUT2D eigenvalue weighted by Gasteiger charge is -2.18. The van der Waals surface area contributed by atoms with Crippen molar-refractivity contribution < 1.29 is 8.78 Å². The molecule has 0 amide bonds. The lowest BCUT2D eigenvalue weighted by Crippen LogP contribution is -2.36. The van der Waals surface area contributed by atoms with Crippen LogP contribution in [0.25, 0.3) is 0 Å². The van der Waals surface area contributed by atoms with Crippen molar-refractivity contribution >= 4 is 15.9 Å². The van der Waals surface area contributed by atoms with Crippen molar-refractivity contribution in [3.05, 3.63) is 0 Å². The highest BCUT2D eigenvalue weighted by Gasteiger charge is 2.11. The van der Waals surface area contributed by atoms with Crippen molar-refractivity contribution in [2.45, 2.75) is 26.3 Å². The van der Waals surface area contributed by atoms with Crippen LogP contribution >= 0.6 is 15.9 Å². The van der Waals surface area contributed by atoms with Crippen LogP contribution in [0.3, 0.4) is 0 Å². The predicted molar refractivity (Wildman–Crippen MR) is 46.4 cm³/mol. The quantitative estimate of drug-likeness (QED) is 0.714. The van der Waals surface area contributed by atoms with Crippen LogP contribution in [-0.2, 0) is 0 Å². The minimum Gasteiger partial charge on any atom is -0.309 e. The van der Waals surface area contributed by atoms with Gasteiger partial charge in [0.05, 0.1) is 6.54 Å². The summed E-state index contributed by atoms with van der Waals surface area (Å²) < 4.78 is 23.4. The van der Waals surface area contributed by atoms with Crippen molar-refractivity contribution in [1.29, 1.82) is 0 Å². The molecular weight excluding hydrogens is 216 g/mol. The number of alkyl halides is 3. The molecule has 2 unspecified atom stereocenters. The van der Waals surface area contributed by atoms with Gasteiger partial charge >= 0.3 is 0 Å². The van der Waals surface area contributed by atoms with E-state index in [0.29, 0.717) is 5.92 Å². The van der Waals surface area contributed by atoms with Crippen LogP contribution in [0.4, 0.5) is 8.78 Å². The molecule has 4 heteroatoms. The Morgan fingerprint density at radius 2 is 1.91 bits per heavy atom. The predicted octanol–water partition coefficient (Wildman–Crippen LogP) is 2.26. The van der Waals surface area contributed by atoms with Crippen LogP contribution in [0.5, 0.6) is 0 Å². The number of hydrogen-bond acceptors (Lipinski definition) is 1. The standard InChI is InChI=1S/C7H14BrF2N/c1-5(3-8)6(2)11-4-7(9)10/h5-7,11H,3-4H2,1-2H3. The Hall–Kier alpha value is 0.300. The van der Waals surface area contributed by atoms with E-state index >= 15 is 0 Å². The number of halogens is 3. The monoisotopic (exact) mass is 229 g/mol. The molecule has 68 valence electrons. The third-order valence-electron chi connectivity index (χ3n) is 1.69. The molecule has 0 aliphatic heterocycles. The molecule has 0 fully saturated rings. The van der Waals surface area contributed by atoms with Gasteiger partial charge in [-0.25, -0.2) is 8.78 Å². The average Bonchev–Trinajstić information content (AvgIpc) is 1.98. The molecule has 0 heterocycles. The Morgan fingerprint density at radius 1 is 1.36 bits per heavy atom. The highest BCUT2D eigenvalue weighted by molar-refractivity contribution is 9.09. The van der Waals surface area contributed by atoms with E-state index in [0.717, 1.165) is 5.33 Å². The largest absolute Gasteiger partial charge is 0.309 e. The zero-order chi connectivity index (χ0) is 8.85. The zero-order valence-corrected chi connectivity index (χ0v) is 8.37. The Kier molecular flexibility index (Phi) is 6.05. The van der Waals surface area contributed by atoms with Gasteiger partial charge in [0.25, 0.3) is 6.43 Å². The van der Waals surface area contributed by atoms with Crippen molar-refractivity contribution in [3.63, 3.8) is 0 Å². The van der Waals surface area contributed by atoms with Crippen LogP contribution in [0.1, 0.15) is 13.8 Å². The summed E-state index contributed by atoms with van der Waals surface area (Å²) in [5.74, 6) is 0.383. The molecule has 1 N–H and O–H groups in total. The van der Waals surface area contributed by atoms with Crippen molar-refractivity contribution in [1.82, 2.24) is 5.32 Å². The maximum absolute atomic E-state index is 11.7. The SMILES string of the molecule is CC(CBr)C(C)NCC(F)F. The van der Waals surface area contributed by atoms with E-state index in [4.69, 9.17) is 0 Å². The molecule has 0 aliphatic rings. The molecule has 0 bridgehead atoms. The van der Waals surface area contributed by atoms with E-state index in [2.05, 4.69) is 21.2 Å². The summed E-state index contributed by atoms with van der Waals surface area (Å²) in [7, 11) is 0. The Morgan fingerprint density at radius 3 is 2.27 bits per heavy atom. The number of nitrogens with one attached hydrogen (secondary N) is 1. The third kappa shape index (κ3) is 5.56. The highest BCUT2D eigenvalue weighted by atomic mass is 79.9. The molecule has 0 saturated carbocycles. The molecule has 1 nitrogen and oxygen atoms in total. The second kappa shape index (κ2) is 5.89. The molecule has 0 aromatic heterocycles. The van der Waals surface area contributed by atoms with Crippen LogP contribution < -0.4 is 5.32 Å². The minimum atomic E-state index is -2.25. The van der Waals surface area contributed by atoms with Crippen LogP contribution in [0.15, 0.2) is 0 Å². The zero-order valence-electron chi connectivity index (χ0n) is 6.78. The van der Waals surface area contributed by atoms with Gasteiger partial charge in [-0.1, -0.05) is 22.9 Å². The van der Waals surface area contributed by atoms with E-state index in [1.54, 1.807) is 0 Å². The van der Waals surface area contributed by atoms with Crippen LogP contribution in [0, 0.1) is 5.92 Å². The molecule has 0 rings (SSSR count). The van der Waals surface area contributed by atoms with Gasteiger partial charge in [0, 0.05) is 11.4 Å². The Balaban J connectivity index is 3.43. The van der Waals surface area contributed by atoms with Gasteiger partial charge in [0.15, 0.2) is 0 Å². The summed E-state index contributed by atoms with van der Waals surface area (Å²) >= 11 is 3.29. The first-order chi connectivity index (χ1) is 5.07. The summed E-state index contributed by atoms with van der Waals surface area (Å²) in [6.45, 7) is 3.71. The Labute approximate surface area is 74.7 Å². The van der Waals surface area contributed by atoms with Gasteiger partial charge in [0.2, 0.25) is 0 Å². The van der Waals surface area contributed by atoms with Gasteiger partial charge in [-0.3, -0.25) is 0 Å². The lowest BCUT2D eigenvalue weighted by molar-refractivity contribution is 0.139. The molecule has 0 spiro atoms. The summed E-state index contributed by atoms with van der Waals surface area (Å²) in [5.41, 5.74) is 0. The summed E-state index contributed by atoms with van der Waals surface area (Å²) in [6, 6.07) is 0.142. The number of rotatable bonds is 5. The van der Waals surface area contributed by atoms with Crippen molar-refractivity contribution in [2.24, 2.45) is 5.92 Å². The van der Waals surface area contributed by atoms with Gasteiger partial charge < -0.3 is 5.32 Å². The Bertz CT molecular complexity index is 100.